The maximum atomic E-state index is 8.67. The fraction of sp³-hybridized carbons (Fsp3) is 0. The summed E-state index contributed by atoms with van der Waals surface area (Å²) in [4.78, 5) is 0. The van der Waals surface area contributed by atoms with Crippen molar-refractivity contribution >= 4 is 54.3 Å². The van der Waals surface area contributed by atoms with Crippen molar-refractivity contribution in [1.82, 2.24) is 0 Å². The molecule has 1 aromatic heterocycles. The SMILES string of the molecule is [2H]c1c([2H])c([2H])c2c(ccc3c2oc2cccc(-c4cccc(-c5c6ccccc6c(-c6ccccc6)c6ccccc56)c4)c23)c1[2H]. The van der Waals surface area contributed by atoms with Crippen molar-refractivity contribution < 1.29 is 9.90 Å². The van der Waals surface area contributed by atoms with Crippen LogP contribution in [0.1, 0.15) is 5.48 Å². The highest BCUT2D eigenvalue weighted by Gasteiger charge is 2.18. The molecule has 1 nitrogen and oxygen atoms in total. The molecular formula is C42H26O. The maximum absolute atomic E-state index is 8.67. The van der Waals surface area contributed by atoms with Crippen LogP contribution in [0.15, 0.2) is 162 Å². The van der Waals surface area contributed by atoms with Crippen LogP contribution >= 0.6 is 0 Å². The van der Waals surface area contributed by atoms with Crippen molar-refractivity contribution in [2.75, 3.05) is 0 Å². The van der Waals surface area contributed by atoms with Crippen LogP contribution in [-0.4, -0.2) is 0 Å². The predicted molar refractivity (Wildman–Crippen MR) is 183 cm³/mol. The average molecular weight is 551 g/mol. The highest BCUT2D eigenvalue weighted by atomic mass is 16.3. The van der Waals surface area contributed by atoms with Gasteiger partial charge in [0.15, 0.2) is 0 Å². The fourth-order valence-electron chi connectivity index (χ4n) is 6.75. The van der Waals surface area contributed by atoms with E-state index in [0.717, 1.165) is 27.5 Å². The summed E-state index contributed by atoms with van der Waals surface area (Å²) >= 11 is 0. The molecule has 9 rings (SSSR count). The summed E-state index contributed by atoms with van der Waals surface area (Å²) in [6.07, 6.45) is 0. The van der Waals surface area contributed by atoms with Gasteiger partial charge in [-0.05, 0) is 78.5 Å². The smallest absolute Gasteiger partial charge is 0.143 e. The van der Waals surface area contributed by atoms with E-state index in [1.165, 1.54) is 38.2 Å². The molecule has 0 aliphatic heterocycles. The van der Waals surface area contributed by atoms with Crippen LogP contribution in [0.2, 0.25) is 0 Å². The van der Waals surface area contributed by atoms with Gasteiger partial charge >= 0.3 is 0 Å². The summed E-state index contributed by atoms with van der Waals surface area (Å²) in [5.74, 6) is 0. The van der Waals surface area contributed by atoms with E-state index in [4.69, 9.17) is 9.90 Å². The van der Waals surface area contributed by atoms with Crippen molar-refractivity contribution in [2.24, 2.45) is 0 Å². The Morgan fingerprint density at radius 3 is 1.79 bits per heavy atom. The van der Waals surface area contributed by atoms with Crippen LogP contribution in [0, 0.1) is 0 Å². The number of furan rings is 1. The highest BCUT2D eigenvalue weighted by molar-refractivity contribution is 6.22. The molecule has 0 fully saturated rings. The Balaban J connectivity index is 1.31. The first kappa shape index (κ1) is 20.3. The topological polar surface area (TPSA) is 13.1 Å². The van der Waals surface area contributed by atoms with Crippen molar-refractivity contribution in [1.29, 1.82) is 0 Å². The van der Waals surface area contributed by atoms with Gasteiger partial charge in [0.25, 0.3) is 0 Å². The lowest BCUT2D eigenvalue weighted by Gasteiger charge is -2.18. The van der Waals surface area contributed by atoms with Gasteiger partial charge < -0.3 is 4.42 Å². The van der Waals surface area contributed by atoms with Crippen LogP contribution in [0.4, 0.5) is 0 Å². The lowest BCUT2D eigenvalue weighted by atomic mass is 9.85. The third-order valence-electron chi connectivity index (χ3n) is 8.57. The molecule has 0 saturated carbocycles. The lowest BCUT2D eigenvalue weighted by Crippen LogP contribution is -1.91. The molecular weight excluding hydrogens is 520 g/mol. The Morgan fingerprint density at radius 1 is 0.442 bits per heavy atom. The van der Waals surface area contributed by atoms with Gasteiger partial charge in [0.2, 0.25) is 0 Å². The first-order chi connectivity index (χ1) is 23.0. The van der Waals surface area contributed by atoms with Crippen LogP contribution in [0.5, 0.6) is 0 Å². The average Bonchev–Trinajstić information content (AvgIpc) is 3.51. The van der Waals surface area contributed by atoms with Gasteiger partial charge in [-0.3, -0.25) is 0 Å². The highest BCUT2D eigenvalue weighted by Crippen LogP contribution is 2.45. The third-order valence-corrected chi connectivity index (χ3v) is 8.57. The Morgan fingerprint density at radius 2 is 1.05 bits per heavy atom. The second-order valence-corrected chi connectivity index (χ2v) is 10.9. The van der Waals surface area contributed by atoms with Crippen LogP contribution < -0.4 is 0 Å². The minimum absolute atomic E-state index is 0.0611. The van der Waals surface area contributed by atoms with Gasteiger partial charge in [0, 0.05) is 16.2 Å². The molecule has 0 radical (unpaired) electrons. The second kappa shape index (κ2) is 9.44. The maximum Gasteiger partial charge on any atom is 0.143 e. The minimum Gasteiger partial charge on any atom is -0.455 e. The van der Waals surface area contributed by atoms with Crippen LogP contribution in [-0.2, 0) is 0 Å². The number of benzene rings is 8. The molecule has 0 spiro atoms. The number of rotatable bonds is 3. The van der Waals surface area contributed by atoms with Gasteiger partial charge in [0.05, 0.1) is 5.48 Å². The molecule has 1 heterocycles. The van der Waals surface area contributed by atoms with E-state index in [1.54, 1.807) is 6.07 Å². The van der Waals surface area contributed by atoms with Crippen molar-refractivity contribution in [3.05, 3.63) is 158 Å². The molecule has 0 amide bonds. The van der Waals surface area contributed by atoms with E-state index in [1.807, 2.05) is 18.2 Å². The van der Waals surface area contributed by atoms with E-state index in [9.17, 15) is 0 Å². The minimum atomic E-state index is -0.263. The van der Waals surface area contributed by atoms with E-state index in [2.05, 4.69) is 109 Å². The molecule has 0 saturated heterocycles. The molecule has 1 heteroatoms. The van der Waals surface area contributed by atoms with E-state index < -0.39 is 0 Å². The first-order valence-corrected chi connectivity index (χ1v) is 14.4. The zero-order valence-corrected chi connectivity index (χ0v) is 23.1. The number of fused-ring (bicyclic) bond motifs is 7. The van der Waals surface area contributed by atoms with Crippen LogP contribution in [0.25, 0.3) is 87.6 Å². The monoisotopic (exact) mass is 550 g/mol. The summed E-state index contributed by atoms with van der Waals surface area (Å²) in [5, 5.41) is 7.38. The molecule has 0 aliphatic carbocycles. The summed E-state index contributed by atoms with van der Waals surface area (Å²) < 4.78 is 40.0. The summed E-state index contributed by atoms with van der Waals surface area (Å²) in [6, 6.07) is 45.6. The predicted octanol–water partition coefficient (Wildman–Crippen LogP) is 12.0. The van der Waals surface area contributed by atoms with Gasteiger partial charge in [-0.2, -0.15) is 0 Å². The molecule has 200 valence electrons. The molecule has 0 aliphatic rings. The van der Waals surface area contributed by atoms with Crippen LogP contribution in [0.3, 0.4) is 0 Å². The van der Waals surface area contributed by atoms with Gasteiger partial charge in [-0.25, -0.2) is 0 Å². The molecule has 8 aromatic carbocycles. The largest absolute Gasteiger partial charge is 0.455 e. The summed E-state index contributed by atoms with van der Waals surface area (Å²) in [7, 11) is 0. The molecule has 0 N–H and O–H groups in total. The van der Waals surface area contributed by atoms with Gasteiger partial charge in [-0.15, -0.1) is 0 Å². The molecule has 43 heavy (non-hydrogen) atoms. The second-order valence-electron chi connectivity index (χ2n) is 10.9. The zero-order valence-electron chi connectivity index (χ0n) is 27.1. The number of hydrogen-bond acceptors (Lipinski definition) is 1. The van der Waals surface area contributed by atoms with E-state index in [0.29, 0.717) is 21.9 Å². The molecule has 9 aromatic rings. The summed E-state index contributed by atoms with van der Waals surface area (Å²) in [5.41, 5.74) is 7.90. The molecule has 0 unspecified atom stereocenters. The Bertz CT molecular complexity index is 2670. The summed E-state index contributed by atoms with van der Waals surface area (Å²) in [6.45, 7) is 0. The van der Waals surface area contributed by atoms with Gasteiger partial charge in [-0.1, -0.05) is 139 Å². The van der Waals surface area contributed by atoms with Crippen molar-refractivity contribution in [3.8, 4) is 33.4 Å². The van der Waals surface area contributed by atoms with E-state index >= 15 is 0 Å². The Labute approximate surface area is 254 Å². The van der Waals surface area contributed by atoms with Crippen molar-refractivity contribution in [3.63, 3.8) is 0 Å². The molecule has 0 atom stereocenters. The molecule has 0 bridgehead atoms. The van der Waals surface area contributed by atoms with E-state index in [-0.39, 0.29) is 24.2 Å². The zero-order chi connectivity index (χ0) is 31.8. The number of hydrogen-bond donors (Lipinski definition) is 0. The lowest BCUT2D eigenvalue weighted by molar-refractivity contribution is 0.673. The Hall–Kier alpha value is -5.66. The Kier molecular flexibility index (Phi) is 4.45. The fourth-order valence-corrected chi connectivity index (χ4v) is 6.75. The quantitative estimate of drug-likeness (QED) is 0.199. The standard InChI is InChI=1S/C42H26O/c1-2-13-28(14-3-1)39-33-18-6-8-20-35(33)40(36-21-9-7-19-34(36)39)30-16-10-15-29(26-30)31-22-11-23-38-41(31)37-25-24-27-12-4-5-17-32(27)42(37)43-38/h1-26H/i4D,5D,12D,17D. The normalized spacial score (nSPS) is 13.0. The first-order valence-electron chi connectivity index (χ1n) is 16.4. The van der Waals surface area contributed by atoms with Gasteiger partial charge in [0.1, 0.15) is 11.2 Å². The third kappa shape index (κ3) is 3.65. The van der Waals surface area contributed by atoms with Crippen molar-refractivity contribution in [2.45, 2.75) is 0 Å².